The van der Waals surface area contributed by atoms with Gasteiger partial charge >= 0.3 is 0 Å². The third-order valence-corrected chi connectivity index (χ3v) is 4.83. The lowest BCUT2D eigenvalue weighted by Gasteiger charge is -2.17. The Morgan fingerprint density at radius 3 is 2.71 bits per heavy atom. The number of non-ortho nitro benzene ring substituents is 1. The fraction of sp³-hybridized carbons (Fsp3) is 0.250. The van der Waals surface area contributed by atoms with Gasteiger partial charge < -0.3 is 15.0 Å². The zero-order valence-corrected chi connectivity index (χ0v) is 16.0. The van der Waals surface area contributed by atoms with E-state index in [-0.39, 0.29) is 23.9 Å². The van der Waals surface area contributed by atoms with Crippen LogP contribution in [0.5, 0.6) is 0 Å². The number of nitro benzene ring substituents is 1. The van der Waals surface area contributed by atoms with E-state index in [4.69, 9.17) is 16.3 Å². The first-order valence-corrected chi connectivity index (χ1v) is 9.14. The number of carbonyl (C=O) groups is 1. The maximum Gasteiger partial charge on any atom is 0.270 e. The van der Waals surface area contributed by atoms with Crippen LogP contribution in [-0.2, 0) is 9.53 Å². The minimum absolute atomic E-state index is 0.00718. The molecule has 0 aliphatic rings. The third kappa shape index (κ3) is 4.49. The van der Waals surface area contributed by atoms with Crippen LogP contribution in [0, 0.1) is 10.1 Å². The predicted molar refractivity (Wildman–Crippen MR) is 108 cm³/mol. The van der Waals surface area contributed by atoms with E-state index < -0.39 is 4.92 Å². The van der Waals surface area contributed by atoms with Crippen molar-refractivity contribution in [3.8, 4) is 0 Å². The fourth-order valence-corrected chi connectivity index (χ4v) is 3.31. The molecule has 0 aliphatic carbocycles. The van der Waals surface area contributed by atoms with Gasteiger partial charge in [-0.3, -0.25) is 14.9 Å². The van der Waals surface area contributed by atoms with Crippen LogP contribution < -0.4 is 5.32 Å². The Labute approximate surface area is 166 Å². The SMILES string of the molecule is COCCNC(=O)C[C@@H](c1ccc(Cl)cc1)c1c[nH]c2ccc([N+](=O)[O-])cc12. The number of hydrogen-bond donors (Lipinski definition) is 2. The number of amides is 1. The van der Waals surface area contributed by atoms with Gasteiger partial charge in [0.2, 0.25) is 5.91 Å². The highest BCUT2D eigenvalue weighted by molar-refractivity contribution is 6.30. The van der Waals surface area contributed by atoms with E-state index >= 15 is 0 Å². The Kier molecular flexibility index (Phi) is 6.28. The Morgan fingerprint density at radius 1 is 1.29 bits per heavy atom. The molecule has 0 radical (unpaired) electrons. The largest absolute Gasteiger partial charge is 0.383 e. The number of aromatic amines is 1. The smallest absolute Gasteiger partial charge is 0.270 e. The van der Waals surface area contributed by atoms with E-state index in [1.807, 2.05) is 12.1 Å². The molecule has 1 aromatic heterocycles. The van der Waals surface area contributed by atoms with E-state index in [1.54, 1.807) is 31.5 Å². The maximum absolute atomic E-state index is 12.5. The number of fused-ring (bicyclic) bond motifs is 1. The summed E-state index contributed by atoms with van der Waals surface area (Å²) in [6.45, 7) is 0.846. The quantitative estimate of drug-likeness (QED) is 0.338. The number of nitro groups is 1. The Hall–Kier alpha value is -2.90. The molecule has 0 fully saturated rings. The minimum atomic E-state index is -0.426. The second-order valence-corrected chi connectivity index (χ2v) is 6.82. The van der Waals surface area contributed by atoms with Crippen LogP contribution in [0.3, 0.4) is 0 Å². The minimum Gasteiger partial charge on any atom is -0.383 e. The summed E-state index contributed by atoms with van der Waals surface area (Å²) in [6, 6.07) is 11.9. The molecule has 146 valence electrons. The number of nitrogens with one attached hydrogen (secondary N) is 2. The van der Waals surface area contributed by atoms with Crippen molar-refractivity contribution < 1.29 is 14.5 Å². The number of benzene rings is 2. The molecular weight excluding hydrogens is 382 g/mol. The van der Waals surface area contributed by atoms with Crippen molar-refractivity contribution in [3.63, 3.8) is 0 Å². The number of hydrogen-bond acceptors (Lipinski definition) is 4. The molecule has 0 unspecified atom stereocenters. The van der Waals surface area contributed by atoms with Gasteiger partial charge in [0.15, 0.2) is 0 Å². The molecule has 2 aromatic carbocycles. The summed E-state index contributed by atoms with van der Waals surface area (Å²) in [4.78, 5) is 26.4. The molecular formula is C20H20ClN3O4. The lowest BCUT2D eigenvalue weighted by molar-refractivity contribution is -0.384. The van der Waals surface area contributed by atoms with Crippen LogP contribution in [0.2, 0.25) is 5.02 Å². The van der Waals surface area contributed by atoms with Crippen LogP contribution in [0.1, 0.15) is 23.5 Å². The third-order valence-electron chi connectivity index (χ3n) is 4.57. The van der Waals surface area contributed by atoms with E-state index in [0.717, 1.165) is 22.0 Å². The second kappa shape index (κ2) is 8.86. The summed E-state index contributed by atoms with van der Waals surface area (Å²) >= 11 is 6.01. The molecule has 2 N–H and O–H groups in total. The molecule has 0 aliphatic heterocycles. The maximum atomic E-state index is 12.5. The van der Waals surface area contributed by atoms with Crippen molar-refractivity contribution in [1.82, 2.24) is 10.3 Å². The van der Waals surface area contributed by atoms with Gasteiger partial charge in [0, 0.05) is 60.2 Å². The zero-order chi connectivity index (χ0) is 20.1. The van der Waals surface area contributed by atoms with Crippen molar-refractivity contribution in [2.24, 2.45) is 0 Å². The molecule has 28 heavy (non-hydrogen) atoms. The van der Waals surface area contributed by atoms with Crippen molar-refractivity contribution in [3.05, 3.63) is 74.9 Å². The number of ether oxygens (including phenoxy) is 1. The summed E-state index contributed by atoms with van der Waals surface area (Å²) in [5, 5.41) is 15.3. The number of nitrogens with zero attached hydrogens (tertiary/aromatic N) is 1. The molecule has 0 bridgehead atoms. The first kappa shape index (κ1) is 19.9. The molecule has 0 saturated carbocycles. The summed E-state index contributed by atoms with van der Waals surface area (Å²) in [5.74, 6) is -0.410. The van der Waals surface area contributed by atoms with Crippen LogP contribution in [0.15, 0.2) is 48.7 Å². The molecule has 1 heterocycles. The van der Waals surface area contributed by atoms with Gasteiger partial charge in [-0.25, -0.2) is 0 Å². The monoisotopic (exact) mass is 401 g/mol. The number of H-pyrrole nitrogens is 1. The highest BCUT2D eigenvalue weighted by Gasteiger charge is 2.22. The Bertz CT molecular complexity index is 985. The predicted octanol–water partition coefficient (Wildman–Crippen LogP) is 4.01. The number of rotatable bonds is 8. The molecule has 7 nitrogen and oxygen atoms in total. The van der Waals surface area contributed by atoms with Crippen LogP contribution >= 0.6 is 11.6 Å². The normalized spacial score (nSPS) is 12.1. The lowest BCUT2D eigenvalue weighted by Crippen LogP contribution is -2.28. The van der Waals surface area contributed by atoms with Gasteiger partial charge in [-0.15, -0.1) is 0 Å². The summed E-state index contributed by atoms with van der Waals surface area (Å²) in [7, 11) is 1.57. The topological polar surface area (TPSA) is 97.3 Å². The highest BCUT2D eigenvalue weighted by Crippen LogP contribution is 2.35. The molecule has 1 amide bonds. The first-order chi connectivity index (χ1) is 13.5. The van der Waals surface area contributed by atoms with E-state index in [1.165, 1.54) is 12.1 Å². The molecule has 1 atom stereocenters. The lowest BCUT2D eigenvalue weighted by atomic mass is 9.88. The average molecular weight is 402 g/mol. The van der Waals surface area contributed by atoms with Gasteiger partial charge in [-0.1, -0.05) is 23.7 Å². The molecule has 3 aromatic rings. The van der Waals surface area contributed by atoms with Crippen molar-refractivity contribution in [2.75, 3.05) is 20.3 Å². The molecule has 0 spiro atoms. The second-order valence-electron chi connectivity index (χ2n) is 6.38. The molecule has 8 heteroatoms. The van der Waals surface area contributed by atoms with Crippen LogP contribution in [0.4, 0.5) is 5.69 Å². The van der Waals surface area contributed by atoms with Crippen molar-refractivity contribution in [2.45, 2.75) is 12.3 Å². The number of aromatic nitrogens is 1. The van der Waals surface area contributed by atoms with Gasteiger partial charge in [-0.2, -0.15) is 0 Å². The van der Waals surface area contributed by atoms with Gasteiger partial charge in [-0.05, 0) is 29.3 Å². The first-order valence-electron chi connectivity index (χ1n) is 8.76. The number of methoxy groups -OCH3 is 1. The van der Waals surface area contributed by atoms with Crippen molar-refractivity contribution >= 4 is 34.1 Å². The molecule has 0 saturated heterocycles. The average Bonchev–Trinajstić information content (AvgIpc) is 3.10. The van der Waals surface area contributed by atoms with E-state index in [0.29, 0.717) is 18.2 Å². The van der Waals surface area contributed by atoms with Crippen LogP contribution in [0.25, 0.3) is 10.9 Å². The number of carbonyl (C=O) groups excluding carboxylic acids is 1. The van der Waals surface area contributed by atoms with Crippen molar-refractivity contribution in [1.29, 1.82) is 0 Å². The Balaban J connectivity index is 1.99. The summed E-state index contributed by atoms with van der Waals surface area (Å²) < 4.78 is 4.96. The fourth-order valence-electron chi connectivity index (χ4n) is 3.18. The Morgan fingerprint density at radius 2 is 2.04 bits per heavy atom. The zero-order valence-electron chi connectivity index (χ0n) is 15.3. The summed E-state index contributed by atoms with van der Waals surface area (Å²) in [6.07, 6.45) is 2.00. The summed E-state index contributed by atoms with van der Waals surface area (Å²) in [5.41, 5.74) is 2.51. The van der Waals surface area contributed by atoms with Crippen LogP contribution in [-0.4, -0.2) is 36.1 Å². The van der Waals surface area contributed by atoms with Gasteiger partial charge in [0.25, 0.3) is 5.69 Å². The number of halogens is 1. The standard InChI is InChI=1S/C20H20ClN3O4/c1-28-9-8-22-20(25)11-16(13-2-4-14(21)5-3-13)18-12-23-19-7-6-15(24(26)27)10-17(18)19/h2-7,10,12,16,23H,8-9,11H2,1H3,(H,22,25)/t16-/m0/s1. The van der Waals surface area contributed by atoms with Gasteiger partial charge in [0.05, 0.1) is 11.5 Å². The van der Waals surface area contributed by atoms with E-state index in [2.05, 4.69) is 10.3 Å². The highest BCUT2D eigenvalue weighted by atomic mass is 35.5. The van der Waals surface area contributed by atoms with E-state index in [9.17, 15) is 14.9 Å². The molecule has 3 rings (SSSR count). The van der Waals surface area contributed by atoms with Gasteiger partial charge in [0.1, 0.15) is 0 Å².